The van der Waals surface area contributed by atoms with E-state index in [9.17, 15) is 0 Å². The lowest BCUT2D eigenvalue weighted by Crippen LogP contribution is -2.35. The van der Waals surface area contributed by atoms with Crippen LogP contribution in [0, 0.1) is 0 Å². The first-order valence-corrected chi connectivity index (χ1v) is 26.6. The van der Waals surface area contributed by atoms with Crippen molar-refractivity contribution in [2.24, 2.45) is 0 Å². The van der Waals surface area contributed by atoms with Gasteiger partial charge in [0.05, 0.1) is 55.4 Å². The van der Waals surface area contributed by atoms with E-state index in [2.05, 4.69) is 98.2 Å². The molecule has 0 N–H and O–H groups in total. The molecule has 3 nitrogen and oxygen atoms in total. The Kier molecular flexibility index (Phi) is 58.5. The van der Waals surface area contributed by atoms with Gasteiger partial charge in [0.1, 0.15) is 6.54 Å². The number of halogens is 2. The van der Waals surface area contributed by atoms with Crippen molar-refractivity contribution in [2.75, 3.05) is 55.4 Å². The Hall–Kier alpha value is -0.350. The standard InChI is InChI=1S/C21H38N.C19H42N.C15H34N.2ClH/c1-2-3-4-5-6-7-8-9-10-11-12-13-14-16-19-22-20-17-15-18-21-22;1-5-6-7-8-9-10-11-12-13-14-15-16-17-18-19-20(2,3)4;1-5-6-7-8-9-10-11-12-13-14-15-16(2,3)4;;/h15,17-18,20-21H,2-14,16,19H2,1H3;5-19H2,1-4H3;5-15H2,1-4H3;2*1H/q3*+1;;. The molecule has 0 unspecified atom stereocenters. The average Bonchev–Trinajstić information content (AvgIpc) is 3.19. The first-order valence-electron chi connectivity index (χ1n) is 26.6. The summed E-state index contributed by atoms with van der Waals surface area (Å²) in [5, 5.41) is 0. The van der Waals surface area contributed by atoms with Crippen LogP contribution < -0.4 is 4.57 Å². The first kappa shape index (κ1) is 66.3. The fourth-order valence-electron chi connectivity index (χ4n) is 7.93. The largest absolute Gasteiger partial charge is 0.331 e. The summed E-state index contributed by atoms with van der Waals surface area (Å²) in [5.74, 6) is 0. The van der Waals surface area contributed by atoms with Crippen molar-refractivity contribution in [1.82, 2.24) is 0 Å². The molecule has 362 valence electrons. The third kappa shape index (κ3) is 64.3. The van der Waals surface area contributed by atoms with Crippen molar-refractivity contribution in [3.05, 3.63) is 30.6 Å². The van der Waals surface area contributed by atoms with Gasteiger partial charge in [-0.2, -0.15) is 0 Å². The molecule has 0 saturated heterocycles. The summed E-state index contributed by atoms with van der Waals surface area (Å²) < 4.78 is 4.54. The summed E-state index contributed by atoms with van der Waals surface area (Å²) in [6.07, 6.45) is 59.2. The Bertz CT molecular complexity index is 867. The molecule has 1 aromatic heterocycles. The van der Waals surface area contributed by atoms with Crippen molar-refractivity contribution in [2.45, 2.75) is 271 Å². The number of nitrogens with zero attached hydrogens (tertiary/aromatic N) is 3. The van der Waals surface area contributed by atoms with Crippen LogP contribution in [0.2, 0.25) is 0 Å². The van der Waals surface area contributed by atoms with Crippen LogP contribution in [-0.4, -0.2) is 64.3 Å². The number of rotatable bonds is 41. The number of aryl methyl sites for hydroxylation is 1. The van der Waals surface area contributed by atoms with Crippen LogP contribution >= 0.6 is 24.8 Å². The van der Waals surface area contributed by atoms with Crippen LogP contribution in [0.3, 0.4) is 0 Å². The summed E-state index contributed by atoms with van der Waals surface area (Å²) in [6.45, 7) is 10.7. The van der Waals surface area contributed by atoms with Gasteiger partial charge in [-0.05, 0) is 32.1 Å². The van der Waals surface area contributed by atoms with Gasteiger partial charge in [0.25, 0.3) is 0 Å². The highest BCUT2D eigenvalue weighted by atomic mass is 35.5. The number of unbranched alkanes of at least 4 members (excludes halogenated alkanes) is 35. The molecule has 0 saturated carbocycles. The van der Waals surface area contributed by atoms with Crippen LogP contribution in [-0.2, 0) is 6.54 Å². The number of hydrogen-bond donors (Lipinski definition) is 0. The minimum absolute atomic E-state index is 0. The van der Waals surface area contributed by atoms with Gasteiger partial charge in [-0.1, -0.05) is 232 Å². The minimum atomic E-state index is 0. The molecule has 0 aliphatic heterocycles. The number of aromatic nitrogens is 1. The Morgan fingerprint density at radius 2 is 0.467 bits per heavy atom. The van der Waals surface area contributed by atoms with Gasteiger partial charge in [0, 0.05) is 18.6 Å². The number of hydrogen-bond acceptors (Lipinski definition) is 0. The predicted molar refractivity (Wildman–Crippen MR) is 279 cm³/mol. The second-order valence-corrected chi connectivity index (χ2v) is 20.5. The van der Waals surface area contributed by atoms with E-state index in [4.69, 9.17) is 0 Å². The third-order valence-corrected chi connectivity index (χ3v) is 11.9. The molecule has 0 aromatic carbocycles. The summed E-state index contributed by atoms with van der Waals surface area (Å²) in [6, 6.07) is 6.31. The summed E-state index contributed by atoms with van der Waals surface area (Å²) in [4.78, 5) is 0. The lowest BCUT2D eigenvalue weighted by atomic mass is 10.0. The summed E-state index contributed by atoms with van der Waals surface area (Å²) >= 11 is 0. The molecule has 0 radical (unpaired) electrons. The van der Waals surface area contributed by atoms with E-state index in [1.165, 1.54) is 264 Å². The van der Waals surface area contributed by atoms with E-state index in [0.717, 1.165) is 8.97 Å². The number of quaternary nitrogens is 2. The Balaban J connectivity index is -0.000000391. The summed E-state index contributed by atoms with van der Waals surface area (Å²) in [5.41, 5.74) is 0. The zero-order valence-corrected chi connectivity index (χ0v) is 44.7. The lowest BCUT2D eigenvalue weighted by molar-refractivity contribution is -0.870. The van der Waals surface area contributed by atoms with E-state index >= 15 is 0 Å². The van der Waals surface area contributed by atoms with E-state index in [1.54, 1.807) is 0 Å². The highest BCUT2D eigenvalue weighted by Crippen LogP contribution is 2.15. The van der Waals surface area contributed by atoms with Crippen molar-refractivity contribution in [1.29, 1.82) is 0 Å². The van der Waals surface area contributed by atoms with Crippen LogP contribution in [0.5, 0.6) is 0 Å². The zero-order chi connectivity index (χ0) is 43.1. The van der Waals surface area contributed by atoms with Gasteiger partial charge in [-0.25, -0.2) is 4.57 Å². The lowest BCUT2D eigenvalue weighted by Gasteiger charge is -2.23. The molecule has 5 heteroatoms. The van der Waals surface area contributed by atoms with Crippen molar-refractivity contribution in [3.63, 3.8) is 0 Å². The maximum Gasteiger partial charge on any atom is 0.168 e. The normalized spacial score (nSPS) is 11.2. The smallest absolute Gasteiger partial charge is 0.168 e. The van der Waals surface area contributed by atoms with Crippen LogP contribution in [0.4, 0.5) is 0 Å². The molecule has 0 fully saturated rings. The fraction of sp³-hybridized carbons (Fsp3) is 0.909. The molecule has 1 aromatic rings. The minimum Gasteiger partial charge on any atom is -0.331 e. The second-order valence-electron chi connectivity index (χ2n) is 20.5. The average molecular weight is 890 g/mol. The molecule has 0 spiro atoms. The Labute approximate surface area is 393 Å². The van der Waals surface area contributed by atoms with E-state index in [-0.39, 0.29) is 24.8 Å². The Morgan fingerprint density at radius 3 is 0.683 bits per heavy atom. The van der Waals surface area contributed by atoms with Gasteiger partial charge in [-0.3, -0.25) is 0 Å². The molecule has 1 rings (SSSR count). The maximum atomic E-state index is 2.29. The van der Waals surface area contributed by atoms with Crippen LogP contribution in [0.15, 0.2) is 30.6 Å². The molecule has 0 aliphatic rings. The molecular weight excluding hydrogens is 774 g/mol. The fourth-order valence-corrected chi connectivity index (χ4v) is 7.93. The van der Waals surface area contributed by atoms with Crippen LogP contribution in [0.25, 0.3) is 0 Å². The summed E-state index contributed by atoms with van der Waals surface area (Å²) in [7, 11) is 13.7. The van der Waals surface area contributed by atoms with Gasteiger partial charge in [0.15, 0.2) is 12.4 Å². The topological polar surface area (TPSA) is 3.88 Å². The Morgan fingerprint density at radius 1 is 0.267 bits per heavy atom. The van der Waals surface area contributed by atoms with Gasteiger partial charge >= 0.3 is 0 Å². The van der Waals surface area contributed by atoms with Gasteiger partial charge in [0.2, 0.25) is 0 Å². The highest BCUT2D eigenvalue weighted by molar-refractivity contribution is 5.85. The zero-order valence-electron chi connectivity index (χ0n) is 43.0. The van der Waals surface area contributed by atoms with Crippen LogP contribution in [0.1, 0.15) is 265 Å². The van der Waals surface area contributed by atoms with E-state index < -0.39 is 0 Å². The highest BCUT2D eigenvalue weighted by Gasteiger charge is 2.06. The van der Waals surface area contributed by atoms with Crippen molar-refractivity contribution < 1.29 is 13.5 Å². The first-order chi connectivity index (χ1) is 28.1. The molecule has 0 aliphatic carbocycles. The molecule has 0 bridgehead atoms. The van der Waals surface area contributed by atoms with Gasteiger partial charge < -0.3 is 8.97 Å². The SMILES string of the molecule is CCCCCCCCCCCCCCCC[N+](C)(C)C.CCCCCCCCCCCCCCCC[n+]1ccccc1.CCCCCCCCCCCC[N+](C)(C)C.Cl.Cl. The van der Waals surface area contributed by atoms with Crippen molar-refractivity contribution >= 4 is 24.8 Å². The second kappa shape index (κ2) is 53.0. The quantitative estimate of drug-likeness (QED) is 0.0350. The monoisotopic (exact) mass is 889 g/mol. The molecule has 60 heavy (non-hydrogen) atoms. The van der Waals surface area contributed by atoms with E-state index in [0.29, 0.717) is 0 Å². The molecular formula is C55H116Cl2N3+3. The molecule has 0 amide bonds. The molecule has 0 atom stereocenters. The van der Waals surface area contributed by atoms with Crippen molar-refractivity contribution in [3.8, 4) is 0 Å². The predicted octanol–water partition coefficient (Wildman–Crippen LogP) is 18.1. The van der Waals surface area contributed by atoms with Gasteiger partial charge in [-0.15, -0.1) is 24.8 Å². The maximum absolute atomic E-state index is 2.29. The molecule has 1 heterocycles. The third-order valence-electron chi connectivity index (χ3n) is 11.9. The van der Waals surface area contributed by atoms with E-state index in [1.807, 2.05) is 0 Å². The number of pyridine rings is 1.